The van der Waals surface area contributed by atoms with E-state index >= 15 is 0 Å². The van der Waals surface area contributed by atoms with Gasteiger partial charge < -0.3 is 15.7 Å². The van der Waals surface area contributed by atoms with Crippen molar-refractivity contribution in [2.75, 3.05) is 32.7 Å². The maximum atomic E-state index is 13.2. The molecule has 0 spiro atoms. The van der Waals surface area contributed by atoms with Crippen LogP contribution in [0.3, 0.4) is 0 Å². The van der Waals surface area contributed by atoms with Gasteiger partial charge in [0.2, 0.25) is 5.91 Å². The number of carbonyl (C=O) groups excluding carboxylic acids is 2. The van der Waals surface area contributed by atoms with Crippen molar-refractivity contribution in [3.8, 4) is 0 Å². The first kappa shape index (κ1) is 24.2. The lowest BCUT2D eigenvalue weighted by Crippen LogP contribution is -2.49. The molecule has 1 saturated heterocycles. The lowest BCUT2D eigenvalue weighted by Gasteiger charge is -2.35. The van der Waals surface area contributed by atoms with E-state index in [0.717, 1.165) is 6.07 Å². The number of piperazine rings is 1. The lowest BCUT2D eigenvalue weighted by atomic mass is 10.1. The lowest BCUT2D eigenvalue weighted by molar-refractivity contribution is -0.138. The van der Waals surface area contributed by atoms with Crippen LogP contribution in [-0.4, -0.2) is 75.2 Å². The number of amides is 2. The third-order valence-electron chi connectivity index (χ3n) is 5.55. The molecule has 3 N–H and O–H groups in total. The summed E-state index contributed by atoms with van der Waals surface area (Å²) in [4.78, 5) is 38.9. The number of primary amides is 1. The molecule has 1 fully saturated rings. The molecule has 0 aliphatic carbocycles. The van der Waals surface area contributed by atoms with Gasteiger partial charge >= 0.3 is 12.1 Å². The Morgan fingerprint density at radius 3 is 2.33 bits per heavy atom. The fourth-order valence-corrected chi connectivity index (χ4v) is 3.80. The van der Waals surface area contributed by atoms with Gasteiger partial charge in [0.1, 0.15) is 6.04 Å². The molecule has 9 nitrogen and oxygen atoms in total. The van der Waals surface area contributed by atoms with Crippen LogP contribution >= 0.6 is 0 Å². The predicted octanol–water partition coefficient (Wildman–Crippen LogP) is 1.86. The number of alkyl halides is 3. The summed E-state index contributed by atoms with van der Waals surface area (Å²) in [6, 6.07) is 5.24. The molecule has 0 bridgehead atoms. The van der Waals surface area contributed by atoms with Gasteiger partial charge in [-0.05, 0) is 37.6 Å². The third kappa shape index (κ3) is 5.89. The van der Waals surface area contributed by atoms with Crippen molar-refractivity contribution in [3.63, 3.8) is 0 Å². The minimum absolute atomic E-state index is 0.186. The number of benzene rings is 1. The molecule has 1 aromatic heterocycles. The average Bonchev–Trinajstić information content (AvgIpc) is 3.26. The Labute approximate surface area is 187 Å². The van der Waals surface area contributed by atoms with E-state index in [1.165, 1.54) is 40.0 Å². The van der Waals surface area contributed by atoms with E-state index < -0.39 is 35.6 Å². The minimum Gasteiger partial charge on any atom is -0.476 e. The average molecular weight is 467 g/mol. The number of hydrogen-bond acceptors (Lipinski definition) is 5. The van der Waals surface area contributed by atoms with Crippen LogP contribution in [-0.2, 0) is 11.0 Å². The molecule has 2 aromatic rings. The molecule has 2 heterocycles. The van der Waals surface area contributed by atoms with Crippen LogP contribution in [0.2, 0.25) is 0 Å². The van der Waals surface area contributed by atoms with Gasteiger partial charge in [0, 0.05) is 32.4 Å². The number of carbonyl (C=O) groups is 3. The molecular weight excluding hydrogens is 443 g/mol. The zero-order valence-corrected chi connectivity index (χ0v) is 17.7. The van der Waals surface area contributed by atoms with Crippen molar-refractivity contribution in [3.05, 3.63) is 53.3 Å². The zero-order chi connectivity index (χ0) is 24.2. The maximum Gasteiger partial charge on any atom is 0.417 e. The van der Waals surface area contributed by atoms with Crippen molar-refractivity contribution in [1.82, 2.24) is 19.6 Å². The second kappa shape index (κ2) is 10.0. The Kier molecular flexibility index (Phi) is 7.36. The number of aromatic nitrogens is 2. The topological polar surface area (TPSA) is 122 Å². The van der Waals surface area contributed by atoms with Crippen LogP contribution in [0.15, 0.2) is 36.5 Å². The number of nitrogens with zero attached hydrogens (tertiary/aromatic N) is 4. The Morgan fingerprint density at radius 2 is 1.76 bits per heavy atom. The van der Waals surface area contributed by atoms with Crippen LogP contribution < -0.4 is 5.73 Å². The van der Waals surface area contributed by atoms with Gasteiger partial charge in [-0.1, -0.05) is 12.1 Å². The highest BCUT2D eigenvalue weighted by Gasteiger charge is 2.36. The number of rotatable bonds is 8. The number of hydrogen-bond donors (Lipinski definition) is 2. The molecule has 1 aliphatic rings. The fraction of sp³-hybridized carbons (Fsp3) is 0.429. The van der Waals surface area contributed by atoms with E-state index in [1.807, 2.05) is 4.90 Å². The van der Waals surface area contributed by atoms with Gasteiger partial charge in [0.15, 0.2) is 5.69 Å². The Morgan fingerprint density at radius 1 is 1.09 bits per heavy atom. The molecule has 2 amide bonds. The molecule has 33 heavy (non-hydrogen) atoms. The number of carboxylic acid groups (broad SMARTS) is 1. The predicted molar refractivity (Wildman–Crippen MR) is 110 cm³/mol. The van der Waals surface area contributed by atoms with Crippen molar-refractivity contribution in [2.24, 2.45) is 5.73 Å². The first-order chi connectivity index (χ1) is 15.6. The standard InChI is InChI=1S/C21H24F3N5O4/c22-21(23,24)15-5-2-1-4-14(15)19(31)28-12-10-27(11-13-28)8-3-6-17(18(25)30)29-9-7-16(26-29)20(32)33/h1-2,4-5,7,9,17H,3,6,8,10-13H2,(H2,25,30)(H,32,33). The fourth-order valence-electron chi connectivity index (χ4n) is 3.80. The Hall–Kier alpha value is -3.41. The molecule has 12 heteroatoms. The van der Waals surface area contributed by atoms with Crippen LogP contribution in [0.1, 0.15) is 45.3 Å². The smallest absolute Gasteiger partial charge is 0.417 e. The molecule has 1 unspecified atom stereocenters. The molecule has 1 aromatic carbocycles. The summed E-state index contributed by atoms with van der Waals surface area (Å²) in [6.45, 7) is 2.10. The molecular formula is C21H24F3N5O4. The van der Waals surface area contributed by atoms with E-state index in [9.17, 15) is 27.6 Å². The summed E-state index contributed by atoms with van der Waals surface area (Å²) in [7, 11) is 0. The molecule has 1 aliphatic heterocycles. The van der Waals surface area contributed by atoms with Crippen LogP contribution in [0, 0.1) is 0 Å². The second-order valence-electron chi connectivity index (χ2n) is 7.72. The monoisotopic (exact) mass is 467 g/mol. The van der Waals surface area contributed by atoms with Gasteiger partial charge in [0.05, 0.1) is 11.1 Å². The van der Waals surface area contributed by atoms with E-state index in [0.29, 0.717) is 32.5 Å². The van der Waals surface area contributed by atoms with Crippen molar-refractivity contribution in [1.29, 1.82) is 0 Å². The van der Waals surface area contributed by atoms with Crippen molar-refractivity contribution >= 4 is 17.8 Å². The molecule has 3 rings (SSSR count). The van der Waals surface area contributed by atoms with E-state index in [2.05, 4.69) is 5.10 Å². The third-order valence-corrected chi connectivity index (χ3v) is 5.55. The van der Waals surface area contributed by atoms with Gasteiger partial charge in [0.25, 0.3) is 5.91 Å². The number of nitrogens with two attached hydrogens (primary N) is 1. The summed E-state index contributed by atoms with van der Waals surface area (Å²) in [5.74, 6) is -2.49. The molecule has 1 atom stereocenters. The highest BCUT2D eigenvalue weighted by atomic mass is 19.4. The van der Waals surface area contributed by atoms with E-state index in [-0.39, 0.29) is 24.3 Å². The molecule has 0 radical (unpaired) electrons. The summed E-state index contributed by atoms with van der Waals surface area (Å²) < 4.78 is 40.9. The van der Waals surface area contributed by atoms with Crippen LogP contribution in [0.4, 0.5) is 13.2 Å². The van der Waals surface area contributed by atoms with Crippen molar-refractivity contribution < 1.29 is 32.7 Å². The number of carboxylic acids is 1. The number of aromatic carboxylic acids is 1. The summed E-state index contributed by atoms with van der Waals surface area (Å²) in [6.07, 6.45) is -2.32. The second-order valence-corrected chi connectivity index (χ2v) is 7.72. The maximum absolute atomic E-state index is 13.2. The first-order valence-corrected chi connectivity index (χ1v) is 10.3. The van der Waals surface area contributed by atoms with Gasteiger partial charge in [-0.15, -0.1) is 0 Å². The SMILES string of the molecule is NC(=O)C(CCCN1CCN(C(=O)c2ccccc2C(F)(F)F)CC1)n1ccc(C(=O)O)n1. The normalized spacial score (nSPS) is 15.9. The van der Waals surface area contributed by atoms with E-state index in [1.54, 1.807) is 0 Å². The highest BCUT2D eigenvalue weighted by Crippen LogP contribution is 2.32. The van der Waals surface area contributed by atoms with Gasteiger partial charge in [-0.25, -0.2) is 4.79 Å². The Bertz CT molecular complexity index is 1020. The summed E-state index contributed by atoms with van der Waals surface area (Å²) in [5.41, 5.74) is 3.95. The number of halogens is 3. The van der Waals surface area contributed by atoms with Crippen molar-refractivity contribution in [2.45, 2.75) is 25.1 Å². The van der Waals surface area contributed by atoms with E-state index in [4.69, 9.17) is 10.8 Å². The minimum atomic E-state index is -4.61. The van der Waals surface area contributed by atoms with Crippen LogP contribution in [0.25, 0.3) is 0 Å². The first-order valence-electron chi connectivity index (χ1n) is 10.3. The highest BCUT2D eigenvalue weighted by molar-refractivity contribution is 5.96. The summed E-state index contributed by atoms with van der Waals surface area (Å²) >= 11 is 0. The molecule has 0 saturated carbocycles. The molecule has 178 valence electrons. The van der Waals surface area contributed by atoms with Crippen LogP contribution in [0.5, 0.6) is 0 Å². The zero-order valence-electron chi connectivity index (χ0n) is 17.7. The van der Waals surface area contributed by atoms with Gasteiger partial charge in [-0.3, -0.25) is 19.2 Å². The largest absolute Gasteiger partial charge is 0.476 e. The Balaban J connectivity index is 1.52. The quantitative estimate of drug-likeness (QED) is 0.611. The summed E-state index contributed by atoms with van der Waals surface area (Å²) in [5, 5.41) is 12.8. The van der Waals surface area contributed by atoms with Gasteiger partial charge in [-0.2, -0.15) is 18.3 Å².